The molecule has 0 fully saturated rings. The number of aryl methyl sites for hydroxylation is 5. The van der Waals surface area contributed by atoms with Crippen LogP contribution in [-0.2, 0) is 0 Å². The summed E-state index contributed by atoms with van der Waals surface area (Å²) < 4.78 is 121. The SMILES string of the molecule is [2H]C(C)(C)N1c2cccnc2N(c2c(C)ccc3c2oc2ncccc23)C1C.[2H]C(C)(C)N1c2ncccc2N(c2c(C)ccc3c2oc2ncccc23)C1C.[2H]C([2H])([2H])C(C)(C)N1c2cccnc2N(c2c(C)ccc3c2oc2ncccc23)C1C.[2H]C([2H])([2H])N1c2cccnc2N(c2c(C)ccc3c2oc2ncccc23)C1C.[2H]C([2H])([2H])N1c2ncccc2N(c2c(C)ccc3c2oc2ncccc23)C1C. The Morgan fingerprint density at radius 1 is 0.280 bits per heavy atom. The lowest BCUT2D eigenvalue weighted by Crippen LogP contribution is -2.49. The van der Waals surface area contributed by atoms with E-state index in [0.717, 1.165) is 167 Å². The molecule has 5 aliphatic rings. The van der Waals surface area contributed by atoms with Crippen LogP contribution in [0.1, 0.15) is 126 Å². The number of rotatable bonds is 7. The molecule has 132 heavy (non-hydrogen) atoms. The van der Waals surface area contributed by atoms with Gasteiger partial charge in [-0.1, -0.05) is 60.7 Å². The molecule has 0 saturated carbocycles. The molecule has 0 amide bonds. The van der Waals surface area contributed by atoms with Crippen LogP contribution in [0.25, 0.3) is 110 Å². The van der Waals surface area contributed by atoms with E-state index in [-0.39, 0.29) is 18.5 Å². The van der Waals surface area contributed by atoms with E-state index in [9.17, 15) is 0 Å². The van der Waals surface area contributed by atoms with Gasteiger partial charge in [0.15, 0.2) is 57.0 Å². The van der Waals surface area contributed by atoms with Gasteiger partial charge in [-0.3, -0.25) is 0 Å². The van der Waals surface area contributed by atoms with Crippen LogP contribution >= 0.6 is 0 Å². The number of furan rings is 5. The lowest BCUT2D eigenvalue weighted by molar-refractivity contribution is 0.468. The topological polar surface area (TPSA) is 227 Å². The molecule has 0 bridgehead atoms. The quantitative estimate of drug-likeness (QED) is 0.144. The molecule has 15 aromatic heterocycles. The third kappa shape index (κ3) is 13.3. The summed E-state index contributed by atoms with van der Waals surface area (Å²) in [6.45, 7) is 24.5. The van der Waals surface area contributed by atoms with Crippen LogP contribution in [0, 0.1) is 34.6 Å². The highest BCUT2D eigenvalue weighted by Crippen LogP contribution is 2.55. The largest absolute Gasteiger partial charge is 0.435 e. The fraction of sp³-hybridized carbons (Fsp3) is 0.252. The lowest BCUT2D eigenvalue weighted by Gasteiger charge is -2.39. The van der Waals surface area contributed by atoms with Crippen molar-refractivity contribution >= 4 is 196 Å². The average Bonchev–Trinajstić information content (AvgIpc) is 1.57. The first-order chi connectivity index (χ1) is 68.1. The van der Waals surface area contributed by atoms with Crippen LogP contribution in [0.2, 0.25) is 0 Å². The minimum Gasteiger partial charge on any atom is -0.435 e. The summed E-state index contributed by atoms with van der Waals surface area (Å²) in [4.78, 5) is 64.0. The van der Waals surface area contributed by atoms with Crippen molar-refractivity contribution in [1.82, 2.24) is 49.8 Å². The standard InChI is InChI=1S/C23H24N4O.2C22H22N4O.2C20H18N4O/c1-14-10-11-16-17-8-6-13-25-22(17)28-20(16)19(14)26-15(2)27(23(3,4)5)18-9-7-12-24-21(18)26;1-13(2)25-15(4)26(18-8-6-11-23-21(18)25)19-14(3)9-10-16-17-7-5-12-24-22(17)27-20(16)19;1-13(2)25-15(4)26(21-18(25)8-6-11-23-21)19-14(3)9-10-16-17-7-5-12-24-22(17)27-20(16)19;1-12-8-9-14-15-6-4-11-22-20(15)25-18(14)17(12)24-13(2)23(3)19-16(24)7-5-10-21-19;1-12-8-9-14-15-6-4-11-22-20(15)25-18(14)17(12)24-13(2)23(3)16-7-5-10-21-19(16)24/h6-13,15H,1-5H3;2*5-13,15H,1-4H3;2*4-11,13H,1-3H3/i3D3;2*13D;2*3D3. The Bertz CT molecular complexity index is 7650. The van der Waals surface area contributed by atoms with Crippen LogP contribution in [0.3, 0.4) is 0 Å². The Morgan fingerprint density at radius 2 is 0.553 bits per heavy atom. The van der Waals surface area contributed by atoms with E-state index in [1.807, 2.05) is 222 Å². The average molecular weight is 1760 g/mol. The summed E-state index contributed by atoms with van der Waals surface area (Å²) in [6.07, 6.45) is 15.9. The summed E-state index contributed by atoms with van der Waals surface area (Å²) >= 11 is 0. The number of hydrogen-bond donors (Lipinski definition) is 0. The highest BCUT2D eigenvalue weighted by atomic mass is 16.4. The lowest BCUT2D eigenvalue weighted by atomic mass is 10.0. The van der Waals surface area contributed by atoms with Crippen molar-refractivity contribution in [2.45, 2.75) is 166 Å². The van der Waals surface area contributed by atoms with Crippen molar-refractivity contribution in [3.8, 4) is 0 Å². The Labute approximate surface area is 780 Å². The third-order valence-corrected chi connectivity index (χ3v) is 25.7. The number of anilines is 15. The van der Waals surface area contributed by atoms with Crippen LogP contribution in [0.4, 0.5) is 86.0 Å². The van der Waals surface area contributed by atoms with Gasteiger partial charge in [-0.15, -0.1) is 0 Å². The molecule has 25 rings (SSSR count). The van der Waals surface area contributed by atoms with Gasteiger partial charge in [-0.25, -0.2) is 49.8 Å². The molecule has 0 radical (unpaired) electrons. The monoisotopic (exact) mass is 1760 g/mol. The maximum absolute atomic E-state index is 8.69. The van der Waals surface area contributed by atoms with Crippen molar-refractivity contribution in [2.75, 3.05) is 63.0 Å². The van der Waals surface area contributed by atoms with Crippen LogP contribution in [0.15, 0.2) is 266 Å². The number of nitrogens with zero attached hydrogens (tertiary/aromatic N) is 20. The van der Waals surface area contributed by atoms with E-state index in [2.05, 4.69) is 134 Å². The molecule has 20 aromatic rings. The van der Waals surface area contributed by atoms with Crippen molar-refractivity contribution in [1.29, 1.82) is 0 Å². The van der Waals surface area contributed by atoms with Gasteiger partial charge in [-0.2, -0.15) is 0 Å². The summed E-state index contributed by atoms with van der Waals surface area (Å²) in [5.74, 6) is 3.44. The van der Waals surface area contributed by atoms with Gasteiger partial charge in [0.2, 0.25) is 28.6 Å². The molecule has 5 aliphatic heterocycles. The molecule has 5 aromatic carbocycles. The van der Waals surface area contributed by atoms with Crippen LogP contribution in [-0.4, -0.2) is 112 Å². The van der Waals surface area contributed by atoms with Gasteiger partial charge >= 0.3 is 0 Å². The molecule has 0 spiro atoms. The van der Waals surface area contributed by atoms with Crippen molar-refractivity contribution in [3.05, 3.63) is 272 Å². The van der Waals surface area contributed by atoms with Gasteiger partial charge < -0.3 is 71.1 Å². The number of hydrogen-bond acceptors (Lipinski definition) is 25. The van der Waals surface area contributed by atoms with Crippen molar-refractivity contribution < 1.29 is 37.2 Å². The Hall–Kier alpha value is -15.4. The zero-order valence-electron chi connectivity index (χ0n) is 87.0. The maximum atomic E-state index is 8.69. The predicted octanol–water partition coefficient (Wildman–Crippen LogP) is 25.8. The summed E-state index contributed by atoms with van der Waals surface area (Å²) in [7, 11) is 0. The van der Waals surface area contributed by atoms with Gasteiger partial charge in [-0.05, 0) is 267 Å². The Balaban J connectivity index is 0.000000106. The zero-order chi connectivity index (χ0) is 101. The minimum atomic E-state index is -2.31. The number of fused-ring (bicyclic) bond motifs is 20. The third-order valence-electron chi connectivity index (χ3n) is 25.7. The van der Waals surface area contributed by atoms with E-state index in [4.69, 9.17) is 37.2 Å². The molecule has 25 nitrogen and oxygen atoms in total. The van der Waals surface area contributed by atoms with Crippen LogP contribution in [0.5, 0.6) is 0 Å². The normalized spacial score (nSPS) is 18.5. The van der Waals surface area contributed by atoms with Gasteiger partial charge in [0.25, 0.3) is 0 Å². The Kier molecular flexibility index (Phi) is 17.5. The molecule has 0 saturated heterocycles. The number of aromatic nitrogens is 10. The van der Waals surface area contributed by atoms with E-state index in [0.29, 0.717) is 57.1 Å². The Morgan fingerprint density at radius 3 is 0.924 bits per heavy atom. The molecule has 5 atom stereocenters. The second kappa shape index (κ2) is 32.4. The molecule has 20 heterocycles. The molecule has 5 unspecified atom stereocenters. The predicted molar refractivity (Wildman–Crippen MR) is 535 cm³/mol. The maximum Gasteiger partial charge on any atom is 0.227 e. The van der Waals surface area contributed by atoms with Crippen molar-refractivity contribution in [2.24, 2.45) is 0 Å². The van der Waals surface area contributed by atoms with E-state index < -0.39 is 50.7 Å². The highest BCUT2D eigenvalue weighted by Gasteiger charge is 2.45. The van der Waals surface area contributed by atoms with Crippen molar-refractivity contribution in [3.63, 3.8) is 0 Å². The molecule has 0 aliphatic carbocycles. The highest BCUT2D eigenvalue weighted by molar-refractivity contribution is 6.15. The zero-order valence-corrected chi connectivity index (χ0v) is 76.0. The fourth-order valence-electron chi connectivity index (χ4n) is 20.0. The first-order valence-corrected chi connectivity index (χ1v) is 44.2. The molecule has 662 valence electrons. The summed E-state index contributed by atoms with van der Waals surface area (Å²) in [6, 6.07) is 57.5. The molecule has 25 heteroatoms. The van der Waals surface area contributed by atoms with Gasteiger partial charge in [0.05, 0.1) is 59.6 Å². The number of pyridine rings is 10. The molecular weight excluding hydrogens is 1650 g/mol. The van der Waals surface area contributed by atoms with Gasteiger partial charge in [0, 0.05) is 160 Å². The summed E-state index contributed by atoms with van der Waals surface area (Å²) in [5.41, 5.74) is 19.4. The van der Waals surface area contributed by atoms with Crippen LogP contribution < -0.4 is 49.0 Å². The smallest absolute Gasteiger partial charge is 0.227 e. The minimum absolute atomic E-state index is 0.0807. The molecular formula is C107H104N20O5. The van der Waals surface area contributed by atoms with E-state index in [1.54, 1.807) is 87.9 Å². The van der Waals surface area contributed by atoms with E-state index >= 15 is 0 Å². The number of benzene rings is 5. The second-order valence-electron chi connectivity index (χ2n) is 34.9. The van der Waals surface area contributed by atoms with Gasteiger partial charge in [0.1, 0.15) is 30.8 Å². The molecule has 0 N–H and O–H groups in total. The summed E-state index contributed by atoms with van der Waals surface area (Å²) in [5, 5.41) is 9.79. The fourth-order valence-corrected chi connectivity index (χ4v) is 20.0. The first-order valence-electron chi connectivity index (χ1n) is 49.7. The van der Waals surface area contributed by atoms with E-state index in [1.165, 1.54) is 9.80 Å². The second-order valence-corrected chi connectivity index (χ2v) is 34.9. The first kappa shape index (κ1) is 71.5.